The number of aryl methyl sites for hydroxylation is 2. The van der Waals surface area contributed by atoms with Crippen molar-refractivity contribution in [2.24, 2.45) is 7.05 Å². The highest BCUT2D eigenvalue weighted by atomic mass is 16.7. The standard InChI is InChI=1S/C14H16N2O4/c1-9-10(8-16(2)15-9)7-11-12(17)19-14(20-13(11)18)5-3-4-6-14/h7-8H,3-6H2,1-2H3. The Morgan fingerprint density at radius 1 is 1.25 bits per heavy atom. The van der Waals surface area contributed by atoms with E-state index in [4.69, 9.17) is 9.47 Å². The van der Waals surface area contributed by atoms with Gasteiger partial charge in [-0.15, -0.1) is 0 Å². The predicted molar refractivity (Wildman–Crippen MR) is 69.3 cm³/mol. The molecule has 106 valence electrons. The minimum absolute atomic E-state index is 0.0707. The van der Waals surface area contributed by atoms with Gasteiger partial charge in [0, 0.05) is 31.6 Å². The lowest BCUT2D eigenvalue weighted by Gasteiger charge is -2.32. The summed E-state index contributed by atoms with van der Waals surface area (Å²) in [6.45, 7) is 1.81. The third kappa shape index (κ3) is 2.11. The first-order valence-corrected chi connectivity index (χ1v) is 6.68. The summed E-state index contributed by atoms with van der Waals surface area (Å²) < 4.78 is 12.3. The lowest BCUT2D eigenvalue weighted by Crippen LogP contribution is -2.44. The molecule has 2 heterocycles. The lowest BCUT2D eigenvalue weighted by molar-refractivity contribution is -0.232. The normalized spacial score (nSPS) is 21.0. The minimum Gasteiger partial charge on any atom is -0.419 e. The van der Waals surface area contributed by atoms with E-state index in [9.17, 15) is 9.59 Å². The molecule has 20 heavy (non-hydrogen) atoms. The van der Waals surface area contributed by atoms with Gasteiger partial charge in [-0.3, -0.25) is 4.68 Å². The van der Waals surface area contributed by atoms with Gasteiger partial charge in [0.25, 0.3) is 5.79 Å². The maximum Gasteiger partial charge on any atom is 0.348 e. The van der Waals surface area contributed by atoms with Crippen molar-refractivity contribution in [3.63, 3.8) is 0 Å². The molecule has 6 nitrogen and oxygen atoms in total. The average Bonchev–Trinajstić information content (AvgIpc) is 2.92. The Labute approximate surface area is 116 Å². The molecule has 0 amide bonds. The van der Waals surface area contributed by atoms with Gasteiger partial charge in [0.05, 0.1) is 5.69 Å². The molecule has 1 aliphatic carbocycles. The molecule has 0 radical (unpaired) electrons. The van der Waals surface area contributed by atoms with Crippen molar-refractivity contribution in [1.82, 2.24) is 9.78 Å². The van der Waals surface area contributed by atoms with E-state index in [1.807, 2.05) is 6.92 Å². The Hall–Kier alpha value is -2.11. The van der Waals surface area contributed by atoms with Crippen LogP contribution in [0, 0.1) is 6.92 Å². The number of nitrogens with zero attached hydrogens (tertiary/aromatic N) is 2. The largest absolute Gasteiger partial charge is 0.419 e. The minimum atomic E-state index is -1.02. The number of carbonyl (C=O) groups is 2. The van der Waals surface area contributed by atoms with Gasteiger partial charge in [0.2, 0.25) is 0 Å². The fraction of sp³-hybridized carbons (Fsp3) is 0.500. The number of aromatic nitrogens is 2. The van der Waals surface area contributed by atoms with Gasteiger partial charge in [-0.25, -0.2) is 9.59 Å². The van der Waals surface area contributed by atoms with Gasteiger partial charge in [0.1, 0.15) is 5.57 Å². The van der Waals surface area contributed by atoms with Crippen LogP contribution in [-0.4, -0.2) is 27.5 Å². The molecule has 1 saturated heterocycles. The van der Waals surface area contributed by atoms with E-state index < -0.39 is 17.7 Å². The number of ether oxygens (including phenoxy) is 2. The van der Waals surface area contributed by atoms with Crippen LogP contribution in [0.4, 0.5) is 0 Å². The smallest absolute Gasteiger partial charge is 0.348 e. The second-order valence-corrected chi connectivity index (χ2v) is 5.30. The highest BCUT2D eigenvalue weighted by Gasteiger charge is 2.47. The molecule has 0 N–H and O–H groups in total. The van der Waals surface area contributed by atoms with Crippen LogP contribution >= 0.6 is 0 Å². The van der Waals surface area contributed by atoms with Crippen molar-refractivity contribution in [2.75, 3.05) is 0 Å². The van der Waals surface area contributed by atoms with Gasteiger partial charge in [0.15, 0.2) is 0 Å². The maximum absolute atomic E-state index is 12.1. The molecule has 2 fully saturated rings. The fourth-order valence-corrected chi connectivity index (χ4v) is 2.70. The zero-order valence-corrected chi connectivity index (χ0v) is 11.5. The van der Waals surface area contributed by atoms with E-state index in [1.165, 1.54) is 6.08 Å². The number of hydrogen-bond acceptors (Lipinski definition) is 5. The van der Waals surface area contributed by atoms with Crippen LogP contribution in [0.25, 0.3) is 6.08 Å². The quantitative estimate of drug-likeness (QED) is 0.441. The van der Waals surface area contributed by atoms with E-state index in [1.54, 1.807) is 17.9 Å². The molecule has 1 saturated carbocycles. The molecular weight excluding hydrogens is 260 g/mol. The third-order valence-electron chi connectivity index (χ3n) is 3.71. The first-order chi connectivity index (χ1) is 9.49. The Kier molecular flexibility index (Phi) is 2.88. The van der Waals surface area contributed by atoms with Crippen LogP contribution in [0.3, 0.4) is 0 Å². The molecule has 6 heteroatoms. The van der Waals surface area contributed by atoms with Gasteiger partial charge < -0.3 is 9.47 Å². The first kappa shape index (κ1) is 12.9. The summed E-state index contributed by atoms with van der Waals surface area (Å²) in [5, 5.41) is 4.17. The monoisotopic (exact) mass is 276 g/mol. The topological polar surface area (TPSA) is 70.4 Å². The zero-order valence-electron chi connectivity index (χ0n) is 11.5. The third-order valence-corrected chi connectivity index (χ3v) is 3.71. The van der Waals surface area contributed by atoms with E-state index in [0.717, 1.165) is 18.5 Å². The molecule has 0 bridgehead atoms. The van der Waals surface area contributed by atoms with E-state index in [-0.39, 0.29) is 5.57 Å². The van der Waals surface area contributed by atoms with Gasteiger partial charge in [-0.05, 0) is 25.8 Å². The van der Waals surface area contributed by atoms with Crippen LogP contribution in [0.2, 0.25) is 0 Å². The molecular formula is C14H16N2O4. The van der Waals surface area contributed by atoms with E-state index in [2.05, 4.69) is 5.10 Å². The number of carbonyl (C=O) groups excluding carboxylic acids is 2. The highest BCUT2D eigenvalue weighted by molar-refractivity contribution is 6.18. The van der Waals surface area contributed by atoms with Gasteiger partial charge in [-0.2, -0.15) is 5.10 Å². The Bertz CT molecular complexity index is 587. The van der Waals surface area contributed by atoms with Crippen molar-refractivity contribution >= 4 is 18.0 Å². The summed E-state index contributed by atoms with van der Waals surface area (Å²) in [6, 6.07) is 0. The molecule has 1 aliphatic heterocycles. The molecule has 1 aromatic heterocycles. The van der Waals surface area contributed by atoms with Crippen LogP contribution in [0.1, 0.15) is 36.9 Å². The predicted octanol–water partition coefficient (Wildman–Crippen LogP) is 1.48. The van der Waals surface area contributed by atoms with Gasteiger partial charge >= 0.3 is 11.9 Å². The molecule has 1 spiro atoms. The van der Waals surface area contributed by atoms with E-state index in [0.29, 0.717) is 18.4 Å². The number of hydrogen-bond donors (Lipinski definition) is 0. The molecule has 0 unspecified atom stereocenters. The molecule has 1 aromatic rings. The highest BCUT2D eigenvalue weighted by Crippen LogP contribution is 2.38. The molecule has 3 rings (SSSR count). The summed E-state index contributed by atoms with van der Waals surface area (Å²) >= 11 is 0. The van der Waals surface area contributed by atoms with Crippen molar-refractivity contribution < 1.29 is 19.1 Å². The van der Waals surface area contributed by atoms with Crippen molar-refractivity contribution in [3.05, 3.63) is 23.0 Å². The zero-order chi connectivity index (χ0) is 14.3. The summed E-state index contributed by atoms with van der Waals surface area (Å²) in [6.07, 6.45) is 6.20. The fourth-order valence-electron chi connectivity index (χ4n) is 2.70. The molecule has 2 aliphatic rings. The summed E-state index contributed by atoms with van der Waals surface area (Å²) in [7, 11) is 1.78. The van der Waals surface area contributed by atoms with Crippen LogP contribution < -0.4 is 0 Å². The molecule has 0 atom stereocenters. The Morgan fingerprint density at radius 2 is 1.85 bits per heavy atom. The summed E-state index contributed by atoms with van der Waals surface area (Å²) in [5.74, 6) is -2.23. The number of esters is 2. The number of rotatable bonds is 1. The summed E-state index contributed by atoms with van der Waals surface area (Å²) in [5.41, 5.74) is 1.37. The molecule has 0 aromatic carbocycles. The SMILES string of the molecule is Cc1nn(C)cc1C=C1C(=O)OC2(CCCC2)OC1=O. The Balaban J connectivity index is 1.90. The van der Waals surface area contributed by atoms with Crippen molar-refractivity contribution in [2.45, 2.75) is 38.4 Å². The average molecular weight is 276 g/mol. The maximum atomic E-state index is 12.1. The summed E-state index contributed by atoms with van der Waals surface area (Å²) in [4.78, 5) is 24.1. The van der Waals surface area contributed by atoms with Crippen molar-refractivity contribution in [3.8, 4) is 0 Å². The Morgan fingerprint density at radius 3 is 2.35 bits per heavy atom. The lowest BCUT2D eigenvalue weighted by atomic mass is 10.1. The van der Waals surface area contributed by atoms with Gasteiger partial charge in [-0.1, -0.05) is 0 Å². The van der Waals surface area contributed by atoms with Crippen LogP contribution in [-0.2, 0) is 26.1 Å². The van der Waals surface area contributed by atoms with Crippen LogP contribution in [0.15, 0.2) is 11.8 Å². The second-order valence-electron chi connectivity index (χ2n) is 5.30. The van der Waals surface area contributed by atoms with Crippen molar-refractivity contribution in [1.29, 1.82) is 0 Å². The van der Waals surface area contributed by atoms with Crippen LogP contribution in [0.5, 0.6) is 0 Å². The first-order valence-electron chi connectivity index (χ1n) is 6.68. The second kappa shape index (κ2) is 4.47. The van der Waals surface area contributed by atoms with E-state index >= 15 is 0 Å².